The number of fused-ring (bicyclic) bond motifs is 1. The molecule has 1 aromatic heterocycles. The van der Waals surface area contributed by atoms with Crippen molar-refractivity contribution >= 4 is 38.7 Å². The second-order valence-corrected chi connectivity index (χ2v) is 7.43. The Kier molecular flexibility index (Phi) is 4.71. The fraction of sp³-hybridized carbons (Fsp3) is 0.238. The van der Waals surface area contributed by atoms with Gasteiger partial charge in [-0.3, -0.25) is 9.80 Å². The number of rotatable bonds is 5. The second kappa shape index (κ2) is 7.30. The molecule has 1 amide bonds. The van der Waals surface area contributed by atoms with Crippen molar-refractivity contribution in [2.75, 3.05) is 18.1 Å². The van der Waals surface area contributed by atoms with Crippen LogP contribution in [0, 0.1) is 0 Å². The highest BCUT2D eigenvalue weighted by molar-refractivity contribution is 7.17. The molecule has 0 fully saturated rings. The fourth-order valence-electron chi connectivity index (χ4n) is 3.18. The summed E-state index contributed by atoms with van der Waals surface area (Å²) in [7, 11) is 0. The minimum absolute atomic E-state index is 0.0304. The molecule has 0 saturated heterocycles. The van der Waals surface area contributed by atoms with E-state index in [1.165, 1.54) is 15.6 Å². The summed E-state index contributed by atoms with van der Waals surface area (Å²) in [6, 6.07) is 16.1. The molecule has 0 radical (unpaired) electrons. The van der Waals surface area contributed by atoms with Crippen molar-refractivity contribution in [3.63, 3.8) is 0 Å². The number of anilines is 1. The number of nitrogens with one attached hydrogen (secondary N) is 1. The molecule has 132 valence electrons. The second-order valence-electron chi connectivity index (χ2n) is 6.52. The van der Waals surface area contributed by atoms with Crippen molar-refractivity contribution in [1.29, 1.82) is 0 Å². The lowest BCUT2D eigenvalue weighted by Gasteiger charge is -2.14. The van der Waals surface area contributed by atoms with Crippen LogP contribution in [-0.2, 0) is 6.42 Å². The predicted octanol–water partition coefficient (Wildman–Crippen LogP) is 4.46. The van der Waals surface area contributed by atoms with Crippen LogP contribution in [0.4, 0.5) is 5.69 Å². The molecule has 5 heteroatoms. The highest BCUT2D eigenvalue weighted by atomic mass is 32.1. The standard InChI is InChI=1S/C21H21N3OS/c1-15-11-13-24(23-15)18-8-6-16(7-9-18)21(25)22-12-10-17-14-26-20-5-3-2-4-19(17)20/h2-9,14H,10-13H2,1H3,(H,22,25). The van der Waals surface area contributed by atoms with Crippen LogP contribution in [0.15, 0.2) is 59.0 Å². The number of nitrogens with zero attached hydrogens (tertiary/aromatic N) is 2. The number of carbonyl (C=O) groups is 1. The molecule has 26 heavy (non-hydrogen) atoms. The van der Waals surface area contributed by atoms with Crippen LogP contribution in [0.2, 0.25) is 0 Å². The Bertz CT molecular complexity index is 959. The Morgan fingerprint density at radius 1 is 1.19 bits per heavy atom. The number of carbonyl (C=O) groups excluding carboxylic acids is 1. The molecule has 2 heterocycles. The van der Waals surface area contributed by atoms with Gasteiger partial charge in [-0.05, 0) is 60.0 Å². The van der Waals surface area contributed by atoms with Crippen molar-refractivity contribution in [2.45, 2.75) is 19.8 Å². The summed E-state index contributed by atoms with van der Waals surface area (Å²) >= 11 is 1.75. The van der Waals surface area contributed by atoms with Crippen molar-refractivity contribution < 1.29 is 4.79 Å². The van der Waals surface area contributed by atoms with E-state index >= 15 is 0 Å². The van der Waals surface area contributed by atoms with Crippen LogP contribution < -0.4 is 10.3 Å². The number of hydrazone groups is 1. The molecule has 1 N–H and O–H groups in total. The average Bonchev–Trinajstić information content (AvgIpc) is 3.28. The largest absolute Gasteiger partial charge is 0.352 e. The molecule has 0 bridgehead atoms. The first-order valence-corrected chi connectivity index (χ1v) is 9.74. The Hall–Kier alpha value is -2.66. The normalized spacial score (nSPS) is 13.9. The van der Waals surface area contributed by atoms with Crippen LogP contribution in [0.1, 0.15) is 29.3 Å². The minimum Gasteiger partial charge on any atom is -0.352 e. The summed E-state index contributed by atoms with van der Waals surface area (Å²) in [6.45, 7) is 3.58. The van der Waals surface area contributed by atoms with E-state index in [1.807, 2.05) is 36.2 Å². The maximum atomic E-state index is 12.4. The first-order valence-electron chi connectivity index (χ1n) is 8.86. The van der Waals surface area contributed by atoms with E-state index in [1.54, 1.807) is 11.3 Å². The molecule has 2 aromatic carbocycles. The number of benzene rings is 2. The summed E-state index contributed by atoms with van der Waals surface area (Å²) in [5.41, 5.74) is 4.16. The van der Waals surface area contributed by atoms with Gasteiger partial charge in [-0.25, -0.2) is 0 Å². The lowest BCUT2D eigenvalue weighted by Crippen LogP contribution is -2.25. The lowest BCUT2D eigenvalue weighted by molar-refractivity contribution is 0.0954. The number of hydrogen-bond donors (Lipinski definition) is 1. The molecule has 4 rings (SSSR count). The predicted molar refractivity (Wildman–Crippen MR) is 109 cm³/mol. The van der Waals surface area contributed by atoms with E-state index in [2.05, 4.69) is 40.1 Å². The highest BCUT2D eigenvalue weighted by Gasteiger charge is 2.13. The topological polar surface area (TPSA) is 44.7 Å². The van der Waals surface area contributed by atoms with Gasteiger partial charge >= 0.3 is 0 Å². The molecule has 0 aliphatic carbocycles. The van der Waals surface area contributed by atoms with Gasteiger partial charge in [-0.15, -0.1) is 11.3 Å². The monoisotopic (exact) mass is 363 g/mol. The smallest absolute Gasteiger partial charge is 0.251 e. The molecule has 4 nitrogen and oxygen atoms in total. The zero-order chi connectivity index (χ0) is 17.9. The van der Waals surface area contributed by atoms with Gasteiger partial charge in [0.05, 0.1) is 5.69 Å². The third-order valence-corrected chi connectivity index (χ3v) is 5.66. The molecular weight excluding hydrogens is 342 g/mol. The quantitative estimate of drug-likeness (QED) is 0.727. The summed E-state index contributed by atoms with van der Waals surface area (Å²) in [6.07, 6.45) is 1.84. The molecule has 0 saturated carbocycles. The molecule has 3 aromatic rings. The number of thiophene rings is 1. The lowest BCUT2D eigenvalue weighted by atomic mass is 10.1. The van der Waals surface area contributed by atoms with Crippen LogP contribution in [0.3, 0.4) is 0 Å². The Morgan fingerprint density at radius 3 is 2.77 bits per heavy atom. The van der Waals surface area contributed by atoms with Gasteiger partial charge < -0.3 is 5.32 Å². The summed E-state index contributed by atoms with van der Waals surface area (Å²) in [5, 5.41) is 13.0. The fourth-order valence-corrected chi connectivity index (χ4v) is 4.18. The third-order valence-electron chi connectivity index (χ3n) is 4.65. The number of amides is 1. The Labute approximate surface area is 157 Å². The van der Waals surface area contributed by atoms with Crippen molar-refractivity contribution in [1.82, 2.24) is 5.32 Å². The van der Waals surface area contributed by atoms with Gasteiger partial charge in [-0.1, -0.05) is 18.2 Å². The zero-order valence-corrected chi connectivity index (χ0v) is 15.6. The highest BCUT2D eigenvalue weighted by Crippen LogP contribution is 2.25. The number of hydrogen-bond acceptors (Lipinski definition) is 4. The van der Waals surface area contributed by atoms with Gasteiger partial charge in [0.2, 0.25) is 0 Å². The van der Waals surface area contributed by atoms with Crippen molar-refractivity contribution in [3.05, 3.63) is 65.0 Å². The molecular formula is C21H21N3OS. The van der Waals surface area contributed by atoms with Gasteiger partial charge in [0, 0.05) is 35.5 Å². The van der Waals surface area contributed by atoms with E-state index in [9.17, 15) is 4.79 Å². The maximum Gasteiger partial charge on any atom is 0.251 e. The Balaban J connectivity index is 1.35. The third kappa shape index (κ3) is 3.48. The van der Waals surface area contributed by atoms with E-state index in [-0.39, 0.29) is 5.91 Å². The van der Waals surface area contributed by atoms with Crippen LogP contribution in [0.25, 0.3) is 10.1 Å². The van der Waals surface area contributed by atoms with Crippen LogP contribution in [0.5, 0.6) is 0 Å². The first kappa shape index (κ1) is 16.8. The summed E-state index contributed by atoms with van der Waals surface area (Å²) in [5.74, 6) is -0.0304. The first-order chi connectivity index (χ1) is 12.7. The van der Waals surface area contributed by atoms with E-state index in [4.69, 9.17) is 0 Å². The summed E-state index contributed by atoms with van der Waals surface area (Å²) in [4.78, 5) is 12.4. The van der Waals surface area contributed by atoms with E-state index in [0.717, 1.165) is 30.8 Å². The van der Waals surface area contributed by atoms with Crippen molar-refractivity contribution in [3.8, 4) is 0 Å². The van der Waals surface area contributed by atoms with E-state index in [0.29, 0.717) is 12.1 Å². The molecule has 0 unspecified atom stereocenters. The summed E-state index contributed by atoms with van der Waals surface area (Å²) < 4.78 is 1.30. The SMILES string of the molecule is CC1=NN(c2ccc(C(=O)NCCc3csc4ccccc34)cc2)CC1. The molecule has 0 spiro atoms. The Morgan fingerprint density at radius 2 is 2.00 bits per heavy atom. The van der Waals surface area contributed by atoms with Gasteiger partial charge in [-0.2, -0.15) is 5.10 Å². The average molecular weight is 363 g/mol. The maximum absolute atomic E-state index is 12.4. The molecule has 1 aliphatic heterocycles. The molecule has 0 atom stereocenters. The van der Waals surface area contributed by atoms with Crippen LogP contribution in [-0.4, -0.2) is 24.7 Å². The minimum atomic E-state index is -0.0304. The van der Waals surface area contributed by atoms with Gasteiger partial charge in [0.25, 0.3) is 5.91 Å². The van der Waals surface area contributed by atoms with Crippen LogP contribution >= 0.6 is 11.3 Å². The van der Waals surface area contributed by atoms with Gasteiger partial charge in [0.1, 0.15) is 0 Å². The molecule has 1 aliphatic rings. The van der Waals surface area contributed by atoms with Crippen molar-refractivity contribution in [2.24, 2.45) is 5.10 Å². The van der Waals surface area contributed by atoms with Gasteiger partial charge in [0.15, 0.2) is 0 Å². The van der Waals surface area contributed by atoms with E-state index < -0.39 is 0 Å². The zero-order valence-electron chi connectivity index (χ0n) is 14.7.